The molecule has 7 nitrogen and oxygen atoms in total. The smallest absolute Gasteiger partial charge is 0.351 e. The molecule has 0 unspecified atom stereocenters. The number of rotatable bonds is 5. The molecule has 3 rings (SSSR count). The van der Waals surface area contributed by atoms with Gasteiger partial charge in [0.05, 0.1) is 10.7 Å². The number of nitrogens with one attached hydrogen (secondary N) is 1. The molecule has 0 fully saturated rings. The van der Waals surface area contributed by atoms with Crippen molar-refractivity contribution < 1.29 is 18.0 Å². The third-order valence-electron chi connectivity index (χ3n) is 3.90. The number of aryl methyl sites for hydroxylation is 3. The van der Waals surface area contributed by atoms with Gasteiger partial charge in [0.2, 0.25) is 0 Å². The molecule has 0 saturated heterocycles. The van der Waals surface area contributed by atoms with E-state index in [1.807, 2.05) is 0 Å². The Morgan fingerprint density at radius 2 is 1.96 bits per heavy atom. The highest BCUT2D eigenvalue weighted by molar-refractivity contribution is 6.36. The standard InChI is InChI=1S/C16H15Cl2F3N6O/c1-8-6-11(16(19,20)21)27-14(23-8)12(18)13(25-27)15(28)22-4-3-5-26-7-10(17)9(2)24-26/h6-7H,3-5H2,1-2H3,(H,22,28). The van der Waals surface area contributed by atoms with Crippen molar-refractivity contribution in [1.29, 1.82) is 0 Å². The summed E-state index contributed by atoms with van der Waals surface area (Å²) in [6, 6.07) is 0.842. The highest BCUT2D eigenvalue weighted by atomic mass is 35.5. The molecule has 3 aromatic heterocycles. The van der Waals surface area contributed by atoms with E-state index in [0.29, 0.717) is 28.2 Å². The fourth-order valence-electron chi connectivity index (χ4n) is 2.59. The van der Waals surface area contributed by atoms with Crippen LogP contribution in [0.1, 0.15) is 34.0 Å². The molecule has 1 amide bonds. The van der Waals surface area contributed by atoms with Crippen LogP contribution in [-0.4, -0.2) is 36.8 Å². The summed E-state index contributed by atoms with van der Waals surface area (Å²) in [6.07, 6.45) is -2.47. The zero-order chi connectivity index (χ0) is 20.6. The third kappa shape index (κ3) is 4.07. The third-order valence-corrected chi connectivity index (χ3v) is 4.62. The minimum atomic E-state index is -4.67. The SMILES string of the molecule is Cc1cc(C(F)(F)F)n2nc(C(=O)NCCCn3cc(Cl)c(C)n3)c(Cl)c2n1. The van der Waals surface area contributed by atoms with E-state index in [-0.39, 0.29) is 28.6 Å². The van der Waals surface area contributed by atoms with Crippen molar-refractivity contribution in [3.05, 3.63) is 45.1 Å². The first kappa shape index (κ1) is 20.4. The van der Waals surface area contributed by atoms with Crippen LogP contribution in [0.5, 0.6) is 0 Å². The van der Waals surface area contributed by atoms with Crippen LogP contribution in [0, 0.1) is 13.8 Å². The number of hydrogen-bond acceptors (Lipinski definition) is 4. The normalized spacial score (nSPS) is 12.0. The molecule has 0 aliphatic carbocycles. The molecule has 0 aliphatic rings. The number of fused-ring (bicyclic) bond motifs is 1. The number of nitrogens with zero attached hydrogens (tertiary/aromatic N) is 5. The number of carbonyl (C=O) groups excluding carboxylic acids is 1. The Bertz CT molecular complexity index is 1020. The van der Waals surface area contributed by atoms with Crippen LogP contribution in [0.3, 0.4) is 0 Å². The maximum absolute atomic E-state index is 13.2. The van der Waals surface area contributed by atoms with Crippen molar-refractivity contribution in [1.82, 2.24) is 29.7 Å². The maximum Gasteiger partial charge on any atom is 0.433 e. The molecule has 0 aliphatic heterocycles. The summed E-state index contributed by atoms with van der Waals surface area (Å²) in [5.41, 5.74) is -0.780. The Kier molecular flexibility index (Phi) is 5.53. The largest absolute Gasteiger partial charge is 0.433 e. The first-order valence-corrected chi connectivity index (χ1v) is 8.94. The van der Waals surface area contributed by atoms with Crippen LogP contribution >= 0.6 is 23.2 Å². The minimum absolute atomic E-state index is 0.113. The molecule has 28 heavy (non-hydrogen) atoms. The van der Waals surface area contributed by atoms with Crippen molar-refractivity contribution >= 4 is 34.8 Å². The van der Waals surface area contributed by atoms with Crippen molar-refractivity contribution in [2.45, 2.75) is 33.0 Å². The minimum Gasteiger partial charge on any atom is -0.351 e. The number of carbonyl (C=O) groups is 1. The fraction of sp³-hybridized carbons (Fsp3) is 0.375. The number of halogens is 5. The summed E-state index contributed by atoms with van der Waals surface area (Å²) in [5.74, 6) is -0.684. The average molecular weight is 435 g/mol. The molecule has 0 bridgehead atoms. The summed E-state index contributed by atoms with van der Waals surface area (Å²) in [5, 5.41) is 10.8. The van der Waals surface area contributed by atoms with E-state index in [2.05, 4.69) is 20.5 Å². The van der Waals surface area contributed by atoms with Gasteiger partial charge in [-0.1, -0.05) is 23.2 Å². The molecule has 3 heterocycles. The highest BCUT2D eigenvalue weighted by Gasteiger charge is 2.36. The van der Waals surface area contributed by atoms with Crippen molar-refractivity contribution in [2.24, 2.45) is 0 Å². The summed E-state index contributed by atoms with van der Waals surface area (Å²) >= 11 is 12.0. The molecule has 3 aromatic rings. The molecule has 0 saturated carbocycles. The van der Waals surface area contributed by atoms with E-state index in [1.54, 1.807) is 17.8 Å². The molecule has 0 aromatic carbocycles. The van der Waals surface area contributed by atoms with Crippen molar-refractivity contribution in [2.75, 3.05) is 6.54 Å². The molecule has 1 N–H and O–H groups in total. The topological polar surface area (TPSA) is 77.1 Å². The maximum atomic E-state index is 13.2. The van der Waals surface area contributed by atoms with Crippen molar-refractivity contribution in [3.8, 4) is 0 Å². The van der Waals surface area contributed by atoms with Gasteiger partial charge in [0, 0.05) is 25.0 Å². The van der Waals surface area contributed by atoms with Gasteiger partial charge in [0.15, 0.2) is 11.3 Å². The fourth-order valence-corrected chi connectivity index (χ4v) is 2.99. The van der Waals surface area contributed by atoms with Crippen LogP contribution < -0.4 is 5.32 Å². The average Bonchev–Trinajstić information content (AvgIpc) is 3.10. The molecule has 12 heteroatoms. The van der Waals surface area contributed by atoms with Gasteiger partial charge in [-0.25, -0.2) is 9.50 Å². The van der Waals surface area contributed by atoms with E-state index >= 15 is 0 Å². The van der Waals surface area contributed by atoms with Crippen molar-refractivity contribution in [3.63, 3.8) is 0 Å². The quantitative estimate of drug-likeness (QED) is 0.621. The van der Waals surface area contributed by atoms with Crippen LogP contribution in [0.15, 0.2) is 12.3 Å². The zero-order valence-corrected chi connectivity index (χ0v) is 16.3. The van der Waals surface area contributed by atoms with E-state index < -0.39 is 17.8 Å². The van der Waals surface area contributed by atoms with Crippen LogP contribution in [0.2, 0.25) is 10.0 Å². The van der Waals surface area contributed by atoms with Crippen LogP contribution in [-0.2, 0) is 12.7 Å². The second-order valence-electron chi connectivity index (χ2n) is 6.11. The van der Waals surface area contributed by atoms with Crippen LogP contribution in [0.4, 0.5) is 13.2 Å². The predicted octanol–water partition coefficient (Wildman–Crippen LogP) is 3.69. The van der Waals surface area contributed by atoms with Gasteiger partial charge < -0.3 is 5.32 Å². The molecule has 0 spiro atoms. The first-order chi connectivity index (χ1) is 13.1. The van der Waals surface area contributed by atoms with Gasteiger partial charge in [-0.15, -0.1) is 0 Å². The Morgan fingerprint density at radius 1 is 1.25 bits per heavy atom. The highest BCUT2D eigenvalue weighted by Crippen LogP contribution is 2.32. The van der Waals surface area contributed by atoms with Gasteiger partial charge in [-0.05, 0) is 26.3 Å². The molecule has 0 atom stereocenters. The second-order valence-corrected chi connectivity index (χ2v) is 6.90. The lowest BCUT2D eigenvalue weighted by atomic mass is 10.3. The van der Waals surface area contributed by atoms with Gasteiger partial charge >= 0.3 is 6.18 Å². The van der Waals surface area contributed by atoms with Gasteiger partial charge in [0.1, 0.15) is 10.7 Å². The predicted molar refractivity (Wildman–Crippen MR) is 96.7 cm³/mol. The van der Waals surface area contributed by atoms with Crippen LogP contribution in [0.25, 0.3) is 5.65 Å². The lowest BCUT2D eigenvalue weighted by Crippen LogP contribution is -2.26. The first-order valence-electron chi connectivity index (χ1n) is 8.18. The van der Waals surface area contributed by atoms with E-state index in [1.165, 1.54) is 6.92 Å². The summed E-state index contributed by atoms with van der Waals surface area (Å²) < 4.78 is 41.9. The monoisotopic (exact) mass is 434 g/mol. The number of aromatic nitrogens is 5. The molecular weight excluding hydrogens is 420 g/mol. The molecule has 150 valence electrons. The van der Waals surface area contributed by atoms with E-state index in [4.69, 9.17) is 23.2 Å². The summed E-state index contributed by atoms with van der Waals surface area (Å²) in [6.45, 7) is 3.93. The number of hydrogen-bond donors (Lipinski definition) is 1. The second kappa shape index (κ2) is 7.59. The Labute approximate surface area is 167 Å². The van der Waals surface area contributed by atoms with Gasteiger partial charge in [0.25, 0.3) is 5.91 Å². The lowest BCUT2D eigenvalue weighted by Gasteiger charge is -2.09. The summed E-state index contributed by atoms with van der Waals surface area (Å²) in [7, 11) is 0. The van der Waals surface area contributed by atoms with E-state index in [0.717, 1.165) is 6.07 Å². The molecule has 0 radical (unpaired) electrons. The molecular formula is C16H15Cl2F3N6O. The zero-order valence-electron chi connectivity index (χ0n) is 14.8. The van der Waals surface area contributed by atoms with Gasteiger partial charge in [-0.2, -0.15) is 23.4 Å². The number of amides is 1. The Morgan fingerprint density at radius 3 is 2.57 bits per heavy atom. The Balaban J connectivity index is 1.74. The lowest BCUT2D eigenvalue weighted by molar-refractivity contribution is -0.142. The number of alkyl halides is 3. The Hall–Kier alpha value is -2.33. The summed E-state index contributed by atoms with van der Waals surface area (Å²) in [4.78, 5) is 16.3. The van der Waals surface area contributed by atoms with E-state index in [9.17, 15) is 18.0 Å². The van der Waals surface area contributed by atoms with Gasteiger partial charge in [-0.3, -0.25) is 9.48 Å².